The Hall–Kier alpha value is 0.489. The number of Topliss-reactive ketones (excluding diaryl/α,β-unsaturated/α-hetero) is 2. The Morgan fingerprint density at radius 3 is 1.58 bits per heavy atom. The van der Waals surface area contributed by atoms with Gasteiger partial charge in [-0.25, -0.2) is 0 Å². The van der Waals surface area contributed by atoms with E-state index in [9.17, 15) is 9.59 Å². The molecule has 0 amide bonds. The minimum absolute atomic E-state index is 0.0766. The molecule has 0 bridgehead atoms. The third kappa shape index (κ3) is 5.75. The number of carbonyl (C=O) groups excluding carboxylic acids is 2. The van der Waals surface area contributed by atoms with E-state index in [0.717, 1.165) is 6.42 Å². The zero-order valence-corrected chi connectivity index (χ0v) is 20.3. The van der Waals surface area contributed by atoms with Crippen molar-refractivity contribution in [3.63, 3.8) is 0 Å². The van der Waals surface area contributed by atoms with Crippen molar-refractivity contribution in [2.75, 3.05) is 0 Å². The molecule has 1 fully saturated rings. The van der Waals surface area contributed by atoms with Gasteiger partial charge in [0.1, 0.15) is 0 Å². The molecule has 0 aromatic rings. The molecule has 0 saturated carbocycles. The molecule has 0 N–H and O–H groups in total. The number of hydrogen-bond donors (Lipinski definition) is 0. The Balaban J connectivity index is 2.80. The van der Waals surface area contributed by atoms with E-state index in [1.807, 2.05) is 0 Å². The van der Waals surface area contributed by atoms with Gasteiger partial charge in [-0.1, -0.05) is 0 Å². The topological polar surface area (TPSA) is 34.1 Å². The SMILES string of the molecule is CCC[CH2][Sn]([CH2]CCC)([CH2]CCC)[CH2]C1CC(C(C)=O)(C(C)=O)S1. The summed E-state index contributed by atoms with van der Waals surface area (Å²) in [5.41, 5.74) is 0. The van der Waals surface area contributed by atoms with Crippen LogP contribution in [0.2, 0.25) is 17.7 Å². The van der Waals surface area contributed by atoms with Crippen LogP contribution >= 0.6 is 11.8 Å². The molecular weight excluding hydrogens is 423 g/mol. The average Bonchev–Trinajstić information content (AvgIpc) is 2.50. The number of ketones is 2. The van der Waals surface area contributed by atoms with Crippen LogP contribution < -0.4 is 0 Å². The van der Waals surface area contributed by atoms with Crippen LogP contribution in [0.1, 0.15) is 79.6 Å². The fourth-order valence-corrected chi connectivity index (χ4v) is 25.1. The van der Waals surface area contributed by atoms with Crippen molar-refractivity contribution >= 4 is 41.7 Å². The van der Waals surface area contributed by atoms with Crippen molar-refractivity contribution < 1.29 is 9.59 Å². The first-order valence-corrected chi connectivity index (χ1v) is 19.0. The molecule has 1 unspecified atom stereocenters. The molecule has 1 heterocycles. The summed E-state index contributed by atoms with van der Waals surface area (Å²) in [6, 6.07) is 0. The van der Waals surface area contributed by atoms with Crippen LogP contribution in [0.3, 0.4) is 0 Å². The molecule has 0 spiro atoms. The quantitative estimate of drug-likeness (QED) is 0.240. The maximum atomic E-state index is 12.0. The summed E-state index contributed by atoms with van der Waals surface area (Å²) in [7, 11) is 0. The molecule has 4 heteroatoms. The van der Waals surface area contributed by atoms with Crippen molar-refractivity contribution in [2.24, 2.45) is 0 Å². The Labute approximate surface area is 158 Å². The van der Waals surface area contributed by atoms with Gasteiger partial charge in [-0.2, -0.15) is 0 Å². The van der Waals surface area contributed by atoms with Crippen LogP contribution in [0.15, 0.2) is 0 Å². The second-order valence-electron chi connectivity index (χ2n) is 7.90. The summed E-state index contributed by atoms with van der Waals surface area (Å²) in [5.74, 6) is 0.153. The van der Waals surface area contributed by atoms with Gasteiger partial charge >= 0.3 is 159 Å². The van der Waals surface area contributed by atoms with Gasteiger partial charge in [0.25, 0.3) is 0 Å². The van der Waals surface area contributed by atoms with Crippen LogP contribution in [0.25, 0.3) is 0 Å². The monoisotopic (exact) mass is 462 g/mol. The van der Waals surface area contributed by atoms with Crippen LogP contribution in [-0.4, -0.2) is 39.9 Å². The summed E-state index contributed by atoms with van der Waals surface area (Å²) >= 11 is -0.418. The summed E-state index contributed by atoms with van der Waals surface area (Å²) in [6.07, 6.45) is 8.92. The fraction of sp³-hybridized carbons (Fsp3) is 0.900. The molecule has 1 rings (SSSR count). The van der Waals surface area contributed by atoms with Gasteiger partial charge in [-0.05, 0) is 0 Å². The minimum atomic E-state index is -2.14. The molecule has 0 aliphatic carbocycles. The van der Waals surface area contributed by atoms with Crippen LogP contribution in [-0.2, 0) is 9.59 Å². The second-order valence-corrected chi connectivity index (χ2v) is 23.5. The molecule has 2 nitrogen and oxygen atoms in total. The third-order valence-electron chi connectivity index (χ3n) is 5.86. The molecule has 0 aromatic heterocycles. The van der Waals surface area contributed by atoms with E-state index >= 15 is 0 Å². The van der Waals surface area contributed by atoms with E-state index in [-0.39, 0.29) is 11.6 Å². The van der Waals surface area contributed by atoms with Crippen molar-refractivity contribution in [2.45, 2.75) is 107 Å². The molecule has 0 aromatic carbocycles. The predicted octanol–water partition coefficient (Wildman–Crippen LogP) is 6.26. The van der Waals surface area contributed by atoms with Crippen molar-refractivity contribution in [1.82, 2.24) is 0 Å². The first kappa shape index (κ1) is 22.5. The van der Waals surface area contributed by atoms with E-state index in [1.165, 1.54) is 56.3 Å². The van der Waals surface area contributed by atoms with Crippen LogP contribution in [0, 0.1) is 0 Å². The predicted molar refractivity (Wildman–Crippen MR) is 110 cm³/mol. The van der Waals surface area contributed by atoms with Gasteiger partial charge in [-0.15, -0.1) is 0 Å². The van der Waals surface area contributed by atoms with E-state index in [4.69, 9.17) is 0 Å². The van der Waals surface area contributed by atoms with Crippen molar-refractivity contribution in [1.29, 1.82) is 0 Å². The normalized spacial score (nSPS) is 19.8. The van der Waals surface area contributed by atoms with E-state index in [0.29, 0.717) is 5.25 Å². The molecule has 1 atom stereocenters. The fourth-order valence-electron chi connectivity index (χ4n) is 4.23. The summed E-state index contributed by atoms with van der Waals surface area (Å²) in [6.45, 7) is 10.1. The van der Waals surface area contributed by atoms with E-state index in [1.54, 1.807) is 25.6 Å². The maximum absolute atomic E-state index is 12.0. The zero-order chi connectivity index (χ0) is 18.2. The van der Waals surface area contributed by atoms with E-state index in [2.05, 4.69) is 20.8 Å². The van der Waals surface area contributed by atoms with Crippen LogP contribution in [0.5, 0.6) is 0 Å². The van der Waals surface area contributed by atoms with Gasteiger partial charge in [0.15, 0.2) is 0 Å². The van der Waals surface area contributed by atoms with E-state index < -0.39 is 23.1 Å². The number of hydrogen-bond acceptors (Lipinski definition) is 3. The van der Waals surface area contributed by atoms with Crippen LogP contribution in [0.4, 0.5) is 0 Å². The third-order valence-corrected chi connectivity index (χ3v) is 24.5. The number of carbonyl (C=O) groups is 2. The zero-order valence-electron chi connectivity index (χ0n) is 16.6. The van der Waals surface area contributed by atoms with Crippen molar-refractivity contribution in [3.05, 3.63) is 0 Å². The van der Waals surface area contributed by atoms with Gasteiger partial charge in [0.05, 0.1) is 0 Å². The molecule has 140 valence electrons. The summed E-state index contributed by atoms with van der Waals surface area (Å²) < 4.78 is 5.30. The van der Waals surface area contributed by atoms with Gasteiger partial charge in [0.2, 0.25) is 0 Å². The first-order chi connectivity index (χ1) is 11.4. The second kappa shape index (κ2) is 10.6. The number of unbranched alkanes of at least 4 members (excludes halogenated alkanes) is 3. The number of thioether (sulfide) groups is 1. The van der Waals surface area contributed by atoms with Gasteiger partial charge in [0, 0.05) is 0 Å². The molecule has 24 heavy (non-hydrogen) atoms. The summed E-state index contributed by atoms with van der Waals surface area (Å²) in [5, 5.41) is 0.583. The molecule has 1 saturated heterocycles. The molecule has 0 radical (unpaired) electrons. The molecule has 1 aliphatic rings. The Morgan fingerprint density at radius 1 is 0.917 bits per heavy atom. The summed E-state index contributed by atoms with van der Waals surface area (Å²) in [4.78, 5) is 24.0. The molecule has 1 aliphatic heterocycles. The van der Waals surface area contributed by atoms with Crippen molar-refractivity contribution in [3.8, 4) is 0 Å². The number of rotatable bonds is 13. The standard InChI is InChI=1S/C8H11O2S.3C4H9.Sn/c1-5-4-8(11-5,6(2)9)7(3)10;3*1-3-4-2;/h5H,1,4H2,2-3H3;3*1,3-4H2,2H3;. The Kier molecular flexibility index (Phi) is 9.94. The molecular formula is C20H38O2SSn. The van der Waals surface area contributed by atoms with Gasteiger partial charge < -0.3 is 0 Å². The Morgan fingerprint density at radius 2 is 1.29 bits per heavy atom. The Bertz CT molecular complexity index is 378. The average molecular weight is 461 g/mol. The van der Waals surface area contributed by atoms with Gasteiger partial charge in [-0.3, -0.25) is 0 Å². The first-order valence-electron chi connectivity index (χ1n) is 10.1.